The van der Waals surface area contributed by atoms with Crippen LogP contribution in [0.2, 0.25) is 0 Å². The Morgan fingerprint density at radius 3 is 2.30 bits per heavy atom. The van der Waals surface area contributed by atoms with Gasteiger partial charge in [0.05, 0.1) is 0 Å². The number of benzene rings is 2. The molecule has 0 aromatic heterocycles. The van der Waals surface area contributed by atoms with Crippen LogP contribution < -0.4 is 4.74 Å². The Morgan fingerprint density at radius 1 is 1.13 bits per heavy atom. The lowest BCUT2D eigenvalue weighted by molar-refractivity contribution is -0.145. The Bertz CT molecular complexity index is 672. The Hall–Kier alpha value is -2.36. The van der Waals surface area contributed by atoms with Gasteiger partial charge in [0.25, 0.3) is 0 Å². The molecule has 1 atom stereocenters. The van der Waals surface area contributed by atoms with Gasteiger partial charge in [-0.2, -0.15) is 0 Å². The second-order valence-corrected chi connectivity index (χ2v) is 6.52. The number of ether oxygens (including phenoxy) is 1. The first-order valence-corrected chi connectivity index (χ1v) is 7.51. The average Bonchev–Trinajstić information content (AvgIpc) is 2.48. The first-order valence-electron chi connectivity index (χ1n) is 7.51. The molecule has 0 radical (unpaired) electrons. The van der Waals surface area contributed by atoms with Crippen molar-refractivity contribution in [1.29, 1.82) is 0 Å². The maximum atomic E-state index is 13.0. The van der Waals surface area contributed by atoms with Crippen LogP contribution in [0.1, 0.15) is 31.9 Å². The fraction of sp³-hybridized carbons (Fsp3) is 0.316. The van der Waals surface area contributed by atoms with Crippen LogP contribution in [-0.4, -0.2) is 17.2 Å². The van der Waals surface area contributed by atoms with Gasteiger partial charge in [0, 0.05) is 6.42 Å². The fourth-order valence-corrected chi connectivity index (χ4v) is 2.36. The van der Waals surface area contributed by atoms with Crippen LogP contribution in [0.15, 0.2) is 48.5 Å². The molecular formula is C19H21FO3. The maximum absolute atomic E-state index is 13.0. The highest BCUT2D eigenvalue weighted by Gasteiger charge is 2.24. The summed E-state index contributed by atoms with van der Waals surface area (Å²) in [7, 11) is 0. The van der Waals surface area contributed by atoms with Gasteiger partial charge in [0.2, 0.25) is 0 Å². The highest BCUT2D eigenvalue weighted by molar-refractivity contribution is 5.73. The van der Waals surface area contributed by atoms with Crippen molar-refractivity contribution in [3.63, 3.8) is 0 Å². The number of aliphatic carboxylic acids is 1. The molecule has 0 aliphatic carbocycles. The molecule has 0 saturated heterocycles. The molecule has 23 heavy (non-hydrogen) atoms. The van der Waals surface area contributed by atoms with Crippen LogP contribution in [0.25, 0.3) is 0 Å². The third kappa shape index (κ3) is 4.55. The summed E-state index contributed by atoms with van der Waals surface area (Å²) in [5.74, 6) is -0.827. The Labute approximate surface area is 135 Å². The smallest absolute Gasteiger partial charge is 0.345 e. The Balaban J connectivity index is 2.24. The molecule has 1 N–H and O–H groups in total. The quantitative estimate of drug-likeness (QED) is 0.899. The first kappa shape index (κ1) is 17.0. The number of carboxylic acids is 1. The van der Waals surface area contributed by atoms with Crippen molar-refractivity contribution in [2.45, 2.75) is 38.7 Å². The van der Waals surface area contributed by atoms with Crippen LogP contribution in [-0.2, 0) is 16.6 Å². The Kier molecular flexibility index (Phi) is 5.04. The van der Waals surface area contributed by atoms with Gasteiger partial charge in [0.15, 0.2) is 6.10 Å². The third-order valence-corrected chi connectivity index (χ3v) is 3.57. The molecule has 122 valence electrons. The van der Waals surface area contributed by atoms with Gasteiger partial charge in [-0.3, -0.25) is 0 Å². The molecule has 0 unspecified atom stereocenters. The van der Waals surface area contributed by atoms with Crippen LogP contribution in [0.5, 0.6) is 5.75 Å². The molecule has 0 aliphatic heterocycles. The molecule has 2 aromatic rings. The van der Waals surface area contributed by atoms with Crippen LogP contribution in [0.3, 0.4) is 0 Å². The fourth-order valence-electron chi connectivity index (χ4n) is 2.36. The molecule has 2 rings (SSSR count). The standard InChI is InChI=1S/C19H21FO3/c1-19(2,3)15-6-4-5-7-16(15)23-17(18(21)22)12-13-8-10-14(20)11-9-13/h4-11,17H,12H2,1-3H3,(H,21,22)/t17-/m0/s1. The summed E-state index contributed by atoms with van der Waals surface area (Å²) in [4.78, 5) is 11.5. The van der Waals surface area contributed by atoms with Gasteiger partial charge < -0.3 is 9.84 Å². The van der Waals surface area contributed by atoms with E-state index in [-0.39, 0.29) is 17.7 Å². The Morgan fingerprint density at radius 2 is 1.74 bits per heavy atom. The van der Waals surface area contributed by atoms with E-state index in [0.29, 0.717) is 11.3 Å². The number of hydrogen-bond acceptors (Lipinski definition) is 2. The molecule has 0 fully saturated rings. The predicted molar refractivity (Wildman–Crippen MR) is 87.3 cm³/mol. The number of hydrogen-bond donors (Lipinski definition) is 1. The van der Waals surface area contributed by atoms with Crippen molar-refractivity contribution < 1.29 is 19.0 Å². The summed E-state index contributed by atoms with van der Waals surface area (Å²) < 4.78 is 18.7. The largest absolute Gasteiger partial charge is 0.478 e. The molecule has 0 heterocycles. The molecule has 0 amide bonds. The maximum Gasteiger partial charge on any atom is 0.345 e. The number of rotatable bonds is 5. The third-order valence-electron chi connectivity index (χ3n) is 3.57. The van der Waals surface area contributed by atoms with E-state index >= 15 is 0 Å². The summed E-state index contributed by atoms with van der Waals surface area (Å²) in [5, 5.41) is 9.45. The zero-order valence-electron chi connectivity index (χ0n) is 13.5. The van der Waals surface area contributed by atoms with E-state index in [1.54, 1.807) is 18.2 Å². The minimum atomic E-state index is -1.04. The van der Waals surface area contributed by atoms with Crippen LogP contribution in [0.4, 0.5) is 4.39 Å². The van der Waals surface area contributed by atoms with Crippen molar-refractivity contribution in [3.05, 3.63) is 65.5 Å². The van der Waals surface area contributed by atoms with Crippen molar-refractivity contribution >= 4 is 5.97 Å². The molecule has 0 spiro atoms. The van der Waals surface area contributed by atoms with E-state index in [4.69, 9.17) is 4.74 Å². The number of halogens is 1. The minimum absolute atomic E-state index is 0.157. The second-order valence-electron chi connectivity index (χ2n) is 6.52. The minimum Gasteiger partial charge on any atom is -0.478 e. The molecule has 2 aromatic carbocycles. The molecule has 0 bridgehead atoms. The summed E-state index contributed by atoms with van der Waals surface area (Å²) in [6.07, 6.45) is -0.849. The van der Waals surface area contributed by atoms with Crippen molar-refractivity contribution in [1.82, 2.24) is 0 Å². The van der Waals surface area contributed by atoms with Gasteiger partial charge in [-0.05, 0) is 34.7 Å². The first-order chi connectivity index (χ1) is 10.8. The van der Waals surface area contributed by atoms with Crippen LogP contribution in [0, 0.1) is 5.82 Å². The topological polar surface area (TPSA) is 46.5 Å². The van der Waals surface area contributed by atoms with E-state index in [9.17, 15) is 14.3 Å². The molecule has 4 heteroatoms. The van der Waals surface area contributed by atoms with E-state index < -0.39 is 12.1 Å². The van der Waals surface area contributed by atoms with Crippen LogP contribution >= 0.6 is 0 Å². The van der Waals surface area contributed by atoms with E-state index in [2.05, 4.69) is 0 Å². The predicted octanol–water partition coefficient (Wildman–Crippen LogP) is 4.20. The normalized spacial score (nSPS) is 12.7. The highest BCUT2D eigenvalue weighted by atomic mass is 19.1. The zero-order chi connectivity index (χ0) is 17.0. The van der Waals surface area contributed by atoms with E-state index in [1.807, 2.05) is 39.0 Å². The molecule has 3 nitrogen and oxygen atoms in total. The van der Waals surface area contributed by atoms with Gasteiger partial charge >= 0.3 is 5.97 Å². The number of carbonyl (C=O) groups is 1. The molecular weight excluding hydrogens is 295 g/mol. The van der Waals surface area contributed by atoms with Gasteiger partial charge in [-0.15, -0.1) is 0 Å². The number of para-hydroxylation sites is 1. The second kappa shape index (κ2) is 6.82. The molecule has 0 saturated carbocycles. The van der Waals surface area contributed by atoms with E-state index in [0.717, 1.165) is 5.56 Å². The number of carboxylic acid groups (broad SMARTS) is 1. The van der Waals surface area contributed by atoms with E-state index in [1.165, 1.54) is 12.1 Å². The SMILES string of the molecule is CC(C)(C)c1ccccc1O[C@@H](Cc1ccc(F)cc1)C(=O)O. The summed E-state index contributed by atoms with van der Waals surface area (Å²) in [6.45, 7) is 6.14. The monoisotopic (exact) mass is 316 g/mol. The lowest BCUT2D eigenvalue weighted by Gasteiger charge is -2.24. The summed E-state index contributed by atoms with van der Waals surface area (Å²) in [5.41, 5.74) is 1.51. The van der Waals surface area contributed by atoms with Crippen molar-refractivity contribution in [2.24, 2.45) is 0 Å². The zero-order valence-corrected chi connectivity index (χ0v) is 13.5. The lowest BCUT2D eigenvalue weighted by atomic mass is 9.86. The van der Waals surface area contributed by atoms with Gasteiger partial charge in [-0.25, -0.2) is 9.18 Å². The van der Waals surface area contributed by atoms with Gasteiger partial charge in [-0.1, -0.05) is 51.1 Å². The highest BCUT2D eigenvalue weighted by Crippen LogP contribution is 2.31. The molecule has 0 aliphatic rings. The lowest BCUT2D eigenvalue weighted by Crippen LogP contribution is -2.30. The van der Waals surface area contributed by atoms with Crippen molar-refractivity contribution in [2.75, 3.05) is 0 Å². The van der Waals surface area contributed by atoms with Gasteiger partial charge in [0.1, 0.15) is 11.6 Å². The summed E-state index contributed by atoms with van der Waals surface area (Å²) in [6, 6.07) is 13.2. The average molecular weight is 316 g/mol. The summed E-state index contributed by atoms with van der Waals surface area (Å²) >= 11 is 0. The van der Waals surface area contributed by atoms with Crippen molar-refractivity contribution in [3.8, 4) is 5.75 Å².